The van der Waals surface area contributed by atoms with Crippen molar-refractivity contribution in [2.75, 3.05) is 13.1 Å². The minimum absolute atomic E-state index is 0.217. The Morgan fingerprint density at radius 3 is 2.79 bits per heavy atom. The van der Waals surface area contributed by atoms with E-state index < -0.39 is 11.7 Å². The Bertz CT molecular complexity index is 892. The summed E-state index contributed by atoms with van der Waals surface area (Å²) in [6.45, 7) is 6.39. The minimum atomic E-state index is -0.591. The van der Waals surface area contributed by atoms with Crippen molar-refractivity contribution in [2.45, 2.75) is 45.1 Å². The molecule has 9 heteroatoms. The summed E-state index contributed by atoms with van der Waals surface area (Å²) in [5, 5.41) is 11.3. The van der Waals surface area contributed by atoms with Gasteiger partial charge in [-0.15, -0.1) is 0 Å². The smallest absolute Gasteiger partial charge is 0.407 e. The Morgan fingerprint density at radius 1 is 1.31 bits per heavy atom. The number of aromatic amines is 1. The van der Waals surface area contributed by atoms with E-state index in [4.69, 9.17) is 9.57 Å². The average Bonchev–Trinajstić information content (AvgIpc) is 3.25. The molecule has 154 valence electrons. The van der Waals surface area contributed by atoms with Crippen LogP contribution < -0.4 is 5.32 Å². The van der Waals surface area contributed by atoms with Gasteiger partial charge in [0.25, 0.3) is 0 Å². The molecule has 3 amide bonds. The third kappa shape index (κ3) is 3.91. The fraction of sp³-hybridized carbons (Fsp3) is 0.450. The molecule has 2 aromatic rings. The van der Waals surface area contributed by atoms with Crippen molar-refractivity contribution in [1.29, 1.82) is 0 Å². The summed E-state index contributed by atoms with van der Waals surface area (Å²) in [5.41, 5.74) is 2.09. The standard InChI is InChI=1S/C20H25N5O4/c1-20(2,3)29-18(26)21-10-15-17-14(9-22-23-17)16-11-24(15)19(27)25(16)28-12-13-7-5-4-6-8-13/h4-9,15-16H,10-12H2,1-3H3,(H,21,26)(H,22,23)/t15?,16-/m1/s1. The van der Waals surface area contributed by atoms with Gasteiger partial charge in [-0.25, -0.2) is 9.59 Å². The molecular formula is C20H25N5O4. The molecule has 1 unspecified atom stereocenters. The lowest BCUT2D eigenvalue weighted by atomic mass is 9.98. The van der Waals surface area contributed by atoms with Gasteiger partial charge in [-0.2, -0.15) is 10.2 Å². The molecule has 4 rings (SSSR count). The van der Waals surface area contributed by atoms with Crippen LogP contribution in [0.1, 0.15) is 49.7 Å². The predicted octanol–water partition coefficient (Wildman–Crippen LogP) is 2.90. The van der Waals surface area contributed by atoms with Crippen LogP contribution in [0.4, 0.5) is 9.59 Å². The molecule has 2 atom stereocenters. The first-order valence-corrected chi connectivity index (χ1v) is 9.60. The van der Waals surface area contributed by atoms with Gasteiger partial charge >= 0.3 is 12.1 Å². The van der Waals surface area contributed by atoms with E-state index in [2.05, 4.69) is 15.5 Å². The van der Waals surface area contributed by atoms with Gasteiger partial charge in [0.2, 0.25) is 0 Å². The number of H-pyrrole nitrogens is 1. The lowest BCUT2D eigenvalue weighted by molar-refractivity contribution is -0.141. The largest absolute Gasteiger partial charge is 0.444 e. The lowest BCUT2D eigenvalue weighted by Gasteiger charge is -2.30. The first kappa shape index (κ1) is 19.3. The average molecular weight is 399 g/mol. The summed E-state index contributed by atoms with van der Waals surface area (Å²) in [5.74, 6) is 0. The first-order chi connectivity index (χ1) is 13.8. The number of fused-ring (bicyclic) bond motifs is 4. The van der Waals surface area contributed by atoms with E-state index in [1.54, 1.807) is 31.9 Å². The van der Waals surface area contributed by atoms with Crippen molar-refractivity contribution in [3.8, 4) is 0 Å². The third-order valence-corrected chi connectivity index (χ3v) is 4.91. The van der Waals surface area contributed by atoms with Crippen LogP contribution in [0.2, 0.25) is 0 Å². The van der Waals surface area contributed by atoms with Crippen molar-refractivity contribution in [2.24, 2.45) is 0 Å². The molecule has 1 aromatic carbocycles. The number of hydrogen-bond donors (Lipinski definition) is 2. The van der Waals surface area contributed by atoms with E-state index in [0.717, 1.165) is 16.8 Å². The first-order valence-electron chi connectivity index (χ1n) is 9.60. The van der Waals surface area contributed by atoms with Gasteiger partial charge in [-0.1, -0.05) is 30.3 Å². The van der Waals surface area contributed by atoms with Crippen molar-refractivity contribution >= 4 is 12.1 Å². The van der Waals surface area contributed by atoms with Gasteiger partial charge in [-0.3, -0.25) is 9.94 Å². The fourth-order valence-electron chi connectivity index (χ4n) is 3.65. The van der Waals surface area contributed by atoms with E-state index in [1.807, 2.05) is 30.3 Å². The number of rotatable bonds is 5. The number of alkyl carbamates (subject to hydrolysis) is 1. The van der Waals surface area contributed by atoms with E-state index in [1.165, 1.54) is 5.06 Å². The lowest BCUT2D eigenvalue weighted by Crippen LogP contribution is -2.42. The molecule has 0 saturated carbocycles. The number of hydrogen-bond acceptors (Lipinski definition) is 5. The molecule has 0 spiro atoms. The summed E-state index contributed by atoms with van der Waals surface area (Å²) in [4.78, 5) is 32.6. The summed E-state index contributed by atoms with van der Waals surface area (Å²) < 4.78 is 5.30. The van der Waals surface area contributed by atoms with E-state index >= 15 is 0 Å². The van der Waals surface area contributed by atoms with Crippen LogP contribution in [0.15, 0.2) is 36.5 Å². The zero-order valence-corrected chi connectivity index (χ0v) is 16.7. The van der Waals surface area contributed by atoms with Gasteiger partial charge in [0, 0.05) is 12.1 Å². The monoisotopic (exact) mass is 399 g/mol. The quantitative estimate of drug-likeness (QED) is 0.805. The molecule has 2 N–H and O–H groups in total. The third-order valence-electron chi connectivity index (χ3n) is 4.91. The highest BCUT2D eigenvalue weighted by atomic mass is 16.7. The topological polar surface area (TPSA) is 99.8 Å². The Hall–Kier alpha value is -3.07. The fourth-order valence-corrected chi connectivity index (χ4v) is 3.65. The molecule has 2 bridgehead atoms. The van der Waals surface area contributed by atoms with Gasteiger partial charge < -0.3 is 15.0 Å². The summed E-state index contributed by atoms with van der Waals surface area (Å²) in [7, 11) is 0. The number of carbonyl (C=O) groups excluding carboxylic acids is 2. The zero-order valence-electron chi connectivity index (χ0n) is 16.7. The second-order valence-corrected chi connectivity index (χ2v) is 8.17. The number of nitrogens with zero attached hydrogens (tertiary/aromatic N) is 3. The molecule has 1 aromatic heterocycles. The van der Waals surface area contributed by atoms with Crippen LogP contribution in [0.3, 0.4) is 0 Å². The maximum absolute atomic E-state index is 13.0. The highest BCUT2D eigenvalue weighted by molar-refractivity contribution is 5.78. The van der Waals surface area contributed by atoms with E-state index in [0.29, 0.717) is 13.2 Å². The normalized spacial score (nSPS) is 20.6. The van der Waals surface area contributed by atoms with Gasteiger partial charge in [0.05, 0.1) is 24.5 Å². The predicted molar refractivity (Wildman–Crippen MR) is 103 cm³/mol. The Kier molecular flexibility index (Phi) is 4.91. The Labute approximate surface area is 168 Å². The van der Waals surface area contributed by atoms with Crippen molar-refractivity contribution in [1.82, 2.24) is 25.5 Å². The molecule has 0 aliphatic carbocycles. The van der Waals surface area contributed by atoms with Crippen LogP contribution in [0.25, 0.3) is 0 Å². The van der Waals surface area contributed by atoms with Gasteiger partial charge in [-0.05, 0) is 26.3 Å². The molecule has 9 nitrogen and oxygen atoms in total. The molecule has 0 radical (unpaired) electrons. The highest BCUT2D eigenvalue weighted by Gasteiger charge is 2.49. The molecule has 1 fully saturated rings. The summed E-state index contributed by atoms with van der Waals surface area (Å²) >= 11 is 0. The van der Waals surface area contributed by atoms with Crippen LogP contribution in [-0.4, -0.2) is 51.0 Å². The molecule has 29 heavy (non-hydrogen) atoms. The molecule has 1 saturated heterocycles. The number of urea groups is 1. The number of aromatic nitrogens is 2. The highest BCUT2D eigenvalue weighted by Crippen LogP contribution is 2.42. The second kappa shape index (κ2) is 7.40. The number of nitrogens with one attached hydrogen (secondary N) is 2. The zero-order chi connectivity index (χ0) is 20.6. The molecule has 3 heterocycles. The molecule has 2 aliphatic heterocycles. The van der Waals surface area contributed by atoms with Crippen LogP contribution in [0, 0.1) is 0 Å². The second-order valence-electron chi connectivity index (χ2n) is 8.17. The maximum atomic E-state index is 13.0. The summed E-state index contributed by atoms with van der Waals surface area (Å²) in [6.07, 6.45) is 1.19. The minimum Gasteiger partial charge on any atom is -0.444 e. The Morgan fingerprint density at radius 2 is 2.07 bits per heavy atom. The number of hydroxylamine groups is 2. The van der Waals surface area contributed by atoms with Crippen molar-refractivity contribution < 1.29 is 19.2 Å². The molecular weight excluding hydrogens is 374 g/mol. The van der Waals surface area contributed by atoms with Crippen LogP contribution >= 0.6 is 0 Å². The van der Waals surface area contributed by atoms with Gasteiger partial charge in [0.1, 0.15) is 18.2 Å². The van der Waals surface area contributed by atoms with Crippen molar-refractivity contribution in [3.63, 3.8) is 0 Å². The van der Waals surface area contributed by atoms with Gasteiger partial charge in [0.15, 0.2) is 0 Å². The van der Waals surface area contributed by atoms with Crippen molar-refractivity contribution in [3.05, 3.63) is 53.3 Å². The summed E-state index contributed by atoms with van der Waals surface area (Å²) in [6, 6.07) is 8.85. The van der Waals surface area contributed by atoms with Crippen LogP contribution in [-0.2, 0) is 16.2 Å². The maximum Gasteiger partial charge on any atom is 0.407 e. The number of ether oxygens (including phenoxy) is 1. The van der Waals surface area contributed by atoms with E-state index in [9.17, 15) is 9.59 Å². The van der Waals surface area contributed by atoms with E-state index in [-0.39, 0.29) is 24.7 Å². The number of amides is 3. The Balaban J connectivity index is 1.47. The number of benzene rings is 1. The molecule has 2 aliphatic rings. The van der Waals surface area contributed by atoms with Crippen LogP contribution in [0.5, 0.6) is 0 Å². The SMILES string of the molecule is CC(C)(C)OC(=O)NCC1c2[nH]ncc2[C@H]2CN1C(=O)N2OCc1ccccc1. The number of carbonyl (C=O) groups is 2.